The van der Waals surface area contributed by atoms with Crippen molar-refractivity contribution in [2.24, 2.45) is 5.92 Å². The molecule has 5 heteroatoms. The average molecular weight is 255 g/mol. The smallest absolute Gasteiger partial charge is 0.223 e. The molecule has 98 valence electrons. The Balaban J connectivity index is 1.98. The fraction of sp³-hybridized carbons (Fsp3) is 0.462. The fourth-order valence-electron chi connectivity index (χ4n) is 2.01. The third-order valence-electron chi connectivity index (χ3n) is 3.06. The lowest BCUT2D eigenvalue weighted by atomic mass is 10.1. The van der Waals surface area contributed by atoms with Crippen LogP contribution in [-0.4, -0.2) is 23.7 Å². The standard InChI is InChI=1S/C13H15F2NO2/c1-7(17)6-16-13(18)11-5-9(11)10-4-8(14)2-3-12(10)15/h2-4,7,9,11,17H,5-6H2,1H3,(H,16,18). The van der Waals surface area contributed by atoms with Gasteiger partial charge >= 0.3 is 0 Å². The van der Waals surface area contributed by atoms with Crippen molar-refractivity contribution in [1.82, 2.24) is 5.32 Å². The van der Waals surface area contributed by atoms with E-state index in [2.05, 4.69) is 5.32 Å². The number of rotatable bonds is 4. The molecule has 1 amide bonds. The van der Waals surface area contributed by atoms with Gasteiger partial charge in [0.05, 0.1) is 6.10 Å². The van der Waals surface area contributed by atoms with Crippen LogP contribution in [-0.2, 0) is 4.79 Å². The van der Waals surface area contributed by atoms with E-state index in [0.717, 1.165) is 18.2 Å². The third kappa shape index (κ3) is 2.85. The van der Waals surface area contributed by atoms with Gasteiger partial charge in [0.25, 0.3) is 0 Å². The van der Waals surface area contributed by atoms with Gasteiger partial charge < -0.3 is 10.4 Å². The maximum absolute atomic E-state index is 13.5. The maximum atomic E-state index is 13.5. The predicted octanol–water partition coefficient (Wildman–Crippen LogP) is 1.57. The van der Waals surface area contributed by atoms with E-state index in [1.54, 1.807) is 6.92 Å². The summed E-state index contributed by atoms with van der Waals surface area (Å²) < 4.78 is 26.5. The number of carbonyl (C=O) groups is 1. The molecule has 0 aliphatic heterocycles. The first-order chi connectivity index (χ1) is 8.49. The fourth-order valence-corrected chi connectivity index (χ4v) is 2.01. The van der Waals surface area contributed by atoms with Crippen molar-refractivity contribution in [3.8, 4) is 0 Å². The summed E-state index contributed by atoms with van der Waals surface area (Å²) in [5, 5.41) is 11.6. The molecule has 0 radical (unpaired) electrons. The van der Waals surface area contributed by atoms with E-state index in [9.17, 15) is 13.6 Å². The van der Waals surface area contributed by atoms with E-state index in [-0.39, 0.29) is 29.9 Å². The Kier molecular flexibility index (Phi) is 3.61. The van der Waals surface area contributed by atoms with Crippen LogP contribution < -0.4 is 5.32 Å². The summed E-state index contributed by atoms with van der Waals surface area (Å²) in [5.41, 5.74) is 0.257. The molecule has 0 heterocycles. The number of carbonyl (C=O) groups excluding carboxylic acids is 1. The Hall–Kier alpha value is -1.49. The topological polar surface area (TPSA) is 49.3 Å². The molecule has 1 aromatic rings. The van der Waals surface area contributed by atoms with E-state index in [0.29, 0.717) is 6.42 Å². The van der Waals surface area contributed by atoms with Crippen LogP contribution in [0.15, 0.2) is 18.2 Å². The monoisotopic (exact) mass is 255 g/mol. The van der Waals surface area contributed by atoms with Crippen molar-refractivity contribution >= 4 is 5.91 Å². The van der Waals surface area contributed by atoms with Gasteiger partial charge in [-0.15, -0.1) is 0 Å². The van der Waals surface area contributed by atoms with Gasteiger partial charge in [-0.1, -0.05) is 0 Å². The highest BCUT2D eigenvalue weighted by atomic mass is 19.1. The van der Waals surface area contributed by atoms with Crippen molar-refractivity contribution in [2.75, 3.05) is 6.54 Å². The Bertz CT molecular complexity index is 462. The lowest BCUT2D eigenvalue weighted by Crippen LogP contribution is -2.31. The number of amides is 1. The molecule has 0 saturated heterocycles. The van der Waals surface area contributed by atoms with Gasteiger partial charge in [0.2, 0.25) is 5.91 Å². The molecule has 18 heavy (non-hydrogen) atoms. The first kappa shape index (κ1) is 13.0. The van der Waals surface area contributed by atoms with Crippen molar-refractivity contribution in [1.29, 1.82) is 0 Å². The van der Waals surface area contributed by atoms with Crippen LogP contribution in [0.4, 0.5) is 8.78 Å². The van der Waals surface area contributed by atoms with Gasteiger partial charge in [-0.3, -0.25) is 4.79 Å². The van der Waals surface area contributed by atoms with Crippen LogP contribution >= 0.6 is 0 Å². The number of aliphatic hydroxyl groups is 1. The zero-order valence-electron chi connectivity index (χ0n) is 9.99. The van der Waals surface area contributed by atoms with E-state index in [4.69, 9.17) is 5.11 Å². The van der Waals surface area contributed by atoms with Crippen molar-refractivity contribution in [3.05, 3.63) is 35.4 Å². The van der Waals surface area contributed by atoms with Crippen LogP contribution in [0, 0.1) is 17.6 Å². The van der Waals surface area contributed by atoms with E-state index >= 15 is 0 Å². The van der Waals surface area contributed by atoms with Crippen LogP contribution in [0.1, 0.15) is 24.8 Å². The minimum atomic E-state index is -0.614. The van der Waals surface area contributed by atoms with Crippen LogP contribution in [0.2, 0.25) is 0 Å². The number of halogens is 2. The van der Waals surface area contributed by atoms with Gasteiger partial charge in [-0.2, -0.15) is 0 Å². The lowest BCUT2D eigenvalue weighted by Gasteiger charge is -2.07. The van der Waals surface area contributed by atoms with Crippen molar-refractivity contribution in [2.45, 2.75) is 25.4 Å². The van der Waals surface area contributed by atoms with Crippen molar-refractivity contribution in [3.63, 3.8) is 0 Å². The molecule has 1 aliphatic carbocycles. The van der Waals surface area contributed by atoms with Crippen LogP contribution in [0.3, 0.4) is 0 Å². The third-order valence-corrected chi connectivity index (χ3v) is 3.06. The van der Waals surface area contributed by atoms with Crippen LogP contribution in [0.25, 0.3) is 0 Å². The first-order valence-corrected chi connectivity index (χ1v) is 5.89. The van der Waals surface area contributed by atoms with Gasteiger partial charge in [0, 0.05) is 12.5 Å². The highest BCUT2D eigenvalue weighted by Crippen LogP contribution is 2.48. The first-order valence-electron chi connectivity index (χ1n) is 5.89. The Morgan fingerprint density at radius 3 is 2.94 bits per heavy atom. The molecule has 3 atom stereocenters. The second-order valence-corrected chi connectivity index (χ2v) is 4.71. The number of benzene rings is 1. The molecular weight excluding hydrogens is 240 g/mol. The summed E-state index contributed by atoms with van der Waals surface area (Å²) in [5.74, 6) is -1.77. The van der Waals surface area contributed by atoms with Gasteiger partial charge in [-0.25, -0.2) is 8.78 Å². The molecule has 1 aliphatic rings. The molecule has 2 N–H and O–H groups in total. The second-order valence-electron chi connectivity index (χ2n) is 4.71. The largest absolute Gasteiger partial charge is 0.392 e. The molecule has 0 aromatic heterocycles. The zero-order chi connectivity index (χ0) is 13.3. The molecule has 1 saturated carbocycles. The number of nitrogens with one attached hydrogen (secondary N) is 1. The summed E-state index contributed by atoms with van der Waals surface area (Å²) >= 11 is 0. The maximum Gasteiger partial charge on any atom is 0.223 e. The highest BCUT2D eigenvalue weighted by molar-refractivity contribution is 5.82. The summed E-state index contributed by atoms with van der Waals surface area (Å²) in [7, 11) is 0. The molecule has 1 aromatic carbocycles. The van der Waals surface area contributed by atoms with E-state index in [1.807, 2.05) is 0 Å². The quantitative estimate of drug-likeness (QED) is 0.858. The summed E-state index contributed by atoms with van der Waals surface area (Å²) in [6, 6.07) is 3.28. The molecule has 2 rings (SSSR count). The number of hydrogen-bond acceptors (Lipinski definition) is 2. The molecule has 3 nitrogen and oxygen atoms in total. The molecule has 1 fully saturated rings. The van der Waals surface area contributed by atoms with Gasteiger partial charge in [0.15, 0.2) is 0 Å². The van der Waals surface area contributed by atoms with E-state index < -0.39 is 17.7 Å². The normalized spacial score (nSPS) is 23.6. The molecule has 0 spiro atoms. The predicted molar refractivity (Wildman–Crippen MR) is 61.9 cm³/mol. The lowest BCUT2D eigenvalue weighted by molar-refractivity contribution is -0.122. The van der Waals surface area contributed by atoms with E-state index in [1.165, 1.54) is 0 Å². The zero-order valence-corrected chi connectivity index (χ0v) is 9.99. The molecule has 0 bridgehead atoms. The second kappa shape index (κ2) is 5.02. The minimum absolute atomic E-state index is 0.174. The Morgan fingerprint density at radius 2 is 2.28 bits per heavy atom. The SMILES string of the molecule is CC(O)CNC(=O)C1CC1c1cc(F)ccc1F. The van der Waals surface area contributed by atoms with Crippen molar-refractivity contribution < 1.29 is 18.7 Å². The minimum Gasteiger partial charge on any atom is -0.392 e. The molecular formula is C13H15F2NO2. The highest BCUT2D eigenvalue weighted by Gasteiger charge is 2.45. The Labute approximate surface area is 104 Å². The number of aliphatic hydroxyl groups excluding tert-OH is 1. The van der Waals surface area contributed by atoms with Gasteiger partial charge in [0.1, 0.15) is 11.6 Å². The number of hydrogen-bond donors (Lipinski definition) is 2. The Morgan fingerprint density at radius 1 is 1.56 bits per heavy atom. The van der Waals surface area contributed by atoms with Crippen LogP contribution in [0.5, 0.6) is 0 Å². The molecule has 3 unspecified atom stereocenters. The summed E-state index contributed by atoms with van der Waals surface area (Å²) in [6.07, 6.45) is -0.0940. The average Bonchev–Trinajstić information content (AvgIpc) is 3.09. The van der Waals surface area contributed by atoms with Gasteiger partial charge in [-0.05, 0) is 43.0 Å². The summed E-state index contributed by atoms with van der Waals surface area (Å²) in [6.45, 7) is 1.74. The summed E-state index contributed by atoms with van der Waals surface area (Å²) in [4.78, 5) is 11.7.